The van der Waals surface area contributed by atoms with Crippen LogP contribution in [-0.2, 0) is 29.0 Å². The topological polar surface area (TPSA) is 64.4 Å². The Balaban J connectivity index is 1.81. The number of nitrogens with zero attached hydrogens (tertiary/aromatic N) is 3. The Labute approximate surface area is 130 Å². The number of carbonyl (C=O) groups excluding carboxylic acids is 1. The standard InChI is InChI=1S/C16H23N3O3/c1-3-18-11-17-13-9-19(8-5-12(13)14(18)20)15(21)16(10-22-2)6-4-7-16/h11H,3-10H2,1-2H3. The molecule has 0 spiro atoms. The molecule has 2 aliphatic rings. The number of aromatic nitrogens is 2. The van der Waals surface area contributed by atoms with Crippen LogP contribution in [0.15, 0.2) is 11.1 Å². The van der Waals surface area contributed by atoms with Gasteiger partial charge in [0.1, 0.15) is 0 Å². The quantitative estimate of drug-likeness (QED) is 0.831. The van der Waals surface area contributed by atoms with Crippen molar-refractivity contribution in [1.29, 1.82) is 0 Å². The molecule has 6 heteroatoms. The summed E-state index contributed by atoms with van der Waals surface area (Å²) in [7, 11) is 1.65. The van der Waals surface area contributed by atoms with E-state index in [2.05, 4.69) is 4.98 Å². The van der Waals surface area contributed by atoms with Gasteiger partial charge in [0, 0.05) is 25.8 Å². The lowest BCUT2D eigenvalue weighted by Gasteiger charge is -2.43. The van der Waals surface area contributed by atoms with Gasteiger partial charge in [-0.25, -0.2) is 4.98 Å². The molecule has 0 radical (unpaired) electrons. The molecule has 0 bridgehead atoms. The molecule has 22 heavy (non-hydrogen) atoms. The average Bonchev–Trinajstić information content (AvgIpc) is 2.50. The van der Waals surface area contributed by atoms with Gasteiger partial charge in [-0.05, 0) is 26.2 Å². The molecule has 1 saturated carbocycles. The lowest BCUT2D eigenvalue weighted by atomic mass is 9.68. The van der Waals surface area contributed by atoms with Gasteiger partial charge in [0.05, 0.1) is 30.6 Å². The van der Waals surface area contributed by atoms with Crippen molar-refractivity contribution in [3.63, 3.8) is 0 Å². The van der Waals surface area contributed by atoms with E-state index >= 15 is 0 Å². The Morgan fingerprint density at radius 3 is 2.82 bits per heavy atom. The molecular formula is C16H23N3O3. The van der Waals surface area contributed by atoms with Crippen molar-refractivity contribution in [3.05, 3.63) is 27.9 Å². The summed E-state index contributed by atoms with van der Waals surface area (Å²) in [6.45, 7) is 4.08. The molecule has 1 fully saturated rings. The third-order valence-corrected chi connectivity index (χ3v) is 5.01. The van der Waals surface area contributed by atoms with E-state index in [1.165, 1.54) is 0 Å². The van der Waals surface area contributed by atoms with Gasteiger partial charge in [0.2, 0.25) is 5.91 Å². The Hall–Kier alpha value is -1.69. The van der Waals surface area contributed by atoms with E-state index in [9.17, 15) is 9.59 Å². The lowest BCUT2D eigenvalue weighted by molar-refractivity contribution is -0.153. The van der Waals surface area contributed by atoms with Crippen LogP contribution in [0.2, 0.25) is 0 Å². The molecule has 0 N–H and O–H groups in total. The first-order valence-electron chi connectivity index (χ1n) is 7.97. The number of rotatable bonds is 4. The van der Waals surface area contributed by atoms with Crippen molar-refractivity contribution in [2.45, 2.75) is 45.7 Å². The van der Waals surface area contributed by atoms with Crippen molar-refractivity contribution in [1.82, 2.24) is 14.5 Å². The fourth-order valence-corrected chi connectivity index (χ4v) is 3.49. The summed E-state index contributed by atoms with van der Waals surface area (Å²) >= 11 is 0. The largest absolute Gasteiger partial charge is 0.384 e. The third kappa shape index (κ3) is 2.35. The number of methoxy groups -OCH3 is 1. The molecule has 1 amide bonds. The summed E-state index contributed by atoms with van der Waals surface area (Å²) in [6.07, 6.45) is 5.06. The summed E-state index contributed by atoms with van der Waals surface area (Å²) in [5.41, 5.74) is 1.21. The molecule has 1 aliphatic carbocycles. The molecule has 0 atom stereocenters. The number of carbonyl (C=O) groups is 1. The lowest BCUT2D eigenvalue weighted by Crippen LogP contribution is -2.52. The minimum absolute atomic E-state index is 0.0369. The van der Waals surface area contributed by atoms with E-state index in [0.29, 0.717) is 32.7 Å². The van der Waals surface area contributed by atoms with Gasteiger partial charge in [-0.2, -0.15) is 0 Å². The second-order valence-corrected chi connectivity index (χ2v) is 6.30. The van der Waals surface area contributed by atoms with Gasteiger partial charge in [-0.3, -0.25) is 14.2 Å². The molecule has 1 aromatic heterocycles. The molecule has 0 saturated heterocycles. The third-order valence-electron chi connectivity index (χ3n) is 5.01. The number of hydrogen-bond acceptors (Lipinski definition) is 4. The summed E-state index contributed by atoms with van der Waals surface area (Å²) in [6, 6.07) is 0. The molecule has 1 aliphatic heterocycles. The second kappa shape index (κ2) is 5.83. The number of hydrogen-bond donors (Lipinski definition) is 0. The van der Waals surface area contributed by atoms with E-state index in [0.717, 1.165) is 30.5 Å². The van der Waals surface area contributed by atoms with Gasteiger partial charge in [-0.1, -0.05) is 6.42 Å². The van der Waals surface area contributed by atoms with Crippen LogP contribution in [0.3, 0.4) is 0 Å². The Morgan fingerprint density at radius 2 is 2.23 bits per heavy atom. The molecule has 6 nitrogen and oxygen atoms in total. The normalized spacial score (nSPS) is 19.5. The number of aryl methyl sites for hydroxylation is 1. The van der Waals surface area contributed by atoms with Gasteiger partial charge in [0.15, 0.2) is 0 Å². The summed E-state index contributed by atoms with van der Waals surface area (Å²) in [5, 5.41) is 0. The maximum Gasteiger partial charge on any atom is 0.256 e. The fourth-order valence-electron chi connectivity index (χ4n) is 3.49. The zero-order valence-corrected chi connectivity index (χ0v) is 13.3. The average molecular weight is 305 g/mol. The van der Waals surface area contributed by atoms with E-state index in [4.69, 9.17) is 4.74 Å². The minimum atomic E-state index is -0.343. The van der Waals surface area contributed by atoms with Crippen LogP contribution in [0.4, 0.5) is 0 Å². The minimum Gasteiger partial charge on any atom is -0.384 e. The highest BCUT2D eigenvalue weighted by Crippen LogP contribution is 2.43. The maximum atomic E-state index is 12.8. The highest BCUT2D eigenvalue weighted by Gasteiger charge is 2.46. The number of amides is 1. The van der Waals surface area contributed by atoms with E-state index in [1.807, 2.05) is 11.8 Å². The van der Waals surface area contributed by atoms with Gasteiger partial charge >= 0.3 is 0 Å². The zero-order chi connectivity index (χ0) is 15.7. The Bertz CT molecular complexity index is 634. The molecule has 3 rings (SSSR count). The van der Waals surface area contributed by atoms with Gasteiger partial charge < -0.3 is 9.64 Å². The smallest absolute Gasteiger partial charge is 0.256 e. The first-order chi connectivity index (χ1) is 10.6. The summed E-state index contributed by atoms with van der Waals surface area (Å²) in [5.74, 6) is 0.160. The van der Waals surface area contributed by atoms with Crippen LogP contribution in [-0.4, -0.2) is 40.6 Å². The van der Waals surface area contributed by atoms with Crippen molar-refractivity contribution < 1.29 is 9.53 Å². The zero-order valence-electron chi connectivity index (χ0n) is 13.3. The highest BCUT2D eigenvalue weighted by molar-refractivity contribution is 5.84. The van der Waals surface area contributed by atoms with Gasteiger partial charge in [0.25, 0.3) is 5.56 Å². The Morgan fingerprint density at radius 1 is 1.45 bits per heavy atom. The number of fused-ring (bicyclic) bond motifs is 1. The first kappa shape index (κ1) is 15.2. The van der Waals surface area contributed by atoms with Crippen molar-refractivity contribution in [2.24, 2.45) is 5.41 Å². The van der Waals surface area contributed by atoms with E-state index in [-0.39, 0.29) is 16.9 Å². The van der Waals surface area contributed by atoms with E-state index < -0.39 is 0 Å². The number of ether oxygens (including phenoxy) is 1. The predicted octanol–water partition coefficient (Wildman–Crippen LogP) is 0.965. The summed E-state index contributed by atoms with van der Waals surface area (Å²) < 4.78 is 6.88. The molecule has 0 aromatic carbocycles. The first-order valence-corrected chi connectivity index (χ1v) is 7.97. The van der Waals surface area contributed by atoms with Crippen molar-refractivity contribution in [2.75, 3.05) is 20.3 Å². The molecular weight excluding hydrogens is 282 g/mol. The van der Waals surface area contributed by atoms with Crippen molar-refractivity contribution in [3.8, 4) is 0 Å². The van der Waals surface area contributed by atoms with Crippen LogP contribution in [0.25, 0.3) is 0 Å². The highest BCUT2D eigenvalue weighted by atomic mass is 16.5. The monoisotopic (exact) mass is 305 g/mol. The van der Waals surface area contributed by atoms with Crippen molar-refractivity contribution >= 4 is 5.91 Å². The summed E-state index contributed by atoms with van der Waals surface area (Å²) in [4.78, 5) is 31.4. The Kier molecular flexibility index (Phi) is 4.04. The maximum absolute atomic E-state index is 12.8. The van der Waals surface area contributed by atoms with Crippen LogP contribution < -0.4 is 5.56 Å². The van der Waals surface area contributed by atoms with E-state index in [1.54, 1.807) is 18.0 Å². The predicted molar refractivity (Wildman–Crippen MR) is 81.5 cm³/mol. The molecule has 120 valence electrons. The van der Waals surface area contributed by atoms with Crippen LogP contribution in [0, 0.1) is 5.41 Å². The van der Waals surface area contributed by atoms with Crippen LogP contribution in [0.1, 0.15) is 37.4 Å². The fraction of sp³-hybridized carbons (Fsp3) is 0.688. The molecule has 1 aromatic rings. The SMILES string of the molecule is CCn1cnc2c(c1=O)CCN(C(=O)C1(COC)CCC1)C2. The van der Waals surface area contributed by atoms with Crippen LogP contribution >= 0.6 is 0 Å². The molecule has 0 unspecified atom stereocenters. The van der Waals surface area contributed by atoms with Crippen LogP contribution in [0.5, 0.6) is 0 Å². The molecule has 2 heterocycles. The second-order valence-electron chi connectivity index (χ2n) is 6.30. The van der Waals surface area contributed by atoms with Gasteiger partial charge in [-0.15, -0.1) is 0 Å².